The van der Waals surface area contributed by atoms with Crippen molar-refractivity contribution in [2.75, 3.05) is 0 Å². The quantitative estimate of drug-likeness (QED) is 0.484. The molecule has 3 aromatic rings. The second-order valence-electron chi connectivity index (χ2n) is 7.79. The Morgan fingerprint density at radius 2 is 1.63 bits per heavy atom. The van der Waals surface area contributed by atoms with Gasteiger partial charge in [-0.2, -0.15) is 5.26 Å². The average molecular weight is 403 g/mol. The molecule has 0 amide bonds. The third kappa shape index (κ3) is 3.50. The van der Waals surface area contributed by atoms with Crippen LogP contribution in [0.1, 0.15) is 53.5 Å². The summed E-state index contributed by atoms with van der Waals surface area (Å²) < 4.78 is 40.7. The summed E-state index contributed by atoms with van der Waals surface area (Å²) in [5.74, 6) is 0.809. The van der Waals surface area contributed by atoms with E-state index < -0.39 is 11.9 Å². The normalized spacial score (nSPS) is 17.3. The molecule has 1 fully saturated rings. The highest BCUT2D eigenvalue weighted by molar-refractivity contribution is 5.48. The molecule has 1 atom stereocenters. The van der Waals surface area contributed by atoms with Crippen molar-refractivity contribution in [3.05, 3.63) is 88.5 Å². The summed E-state index contributed by atoms with van der Waals surface area (Å²) in [5.41, 5.74) is 2.69. The fourth-order valence-corrected chi connectivity index (χ4v) is 4.03. The number of ether oxygens (including phenoxy) is 2. The molecular weight excluding hydrogens is 384 g/mol. The fraction of sp³-hybridized carbons (Fsp3) is 0.240. The van der Waals surface area contributed by atoms with E-state index in [0.29, 0.717) is 41.4 Å². The molecule has 3 nitrogen and oxygen atoms in total. The molecule has 2 aliphatic rings. The maximum absolute atomic E-state index is 14.7. The van der Waals surface area contributed by atoms with Crippen molar-refractivity contribution in [2.45, 2.75) is 37.7 Å². The van der Waals surface area contributed by atoms with Crippen molar-refractivity contribution in [3.63, 3.8) is 0 Å². The number of hydrogen-bond donors (Lipinski definition) is 0. The topological polar surface area (TPSA) is 42.2 Å². The van der Waals surface area contributed by atoms with Crippen molar-refractivity contribution < 1.29 is 18.3 Å². The van der Waals surface area contributed by atoms with Gasteiger partial charge >= 0.3 is 0 Å². The van der Waals surface area contributed by atoms with Crippen LogP contribution in [0.2, 0.25) is 0 Å². The zero-order valence-electron chi connectivity index (χ0n) is 16.2. The van der Waals surface area contributed by atoms with E-state index >= 15 is 0 Å². The van der Waals surface area contributed by atoms with Crippen LogP contribution in [0.3, 0.4) is 0 Å². The third-order valence-corrected chi connectivity index (χ3v) is 5.73. The van der Waals surface area contributed by atoms with Crippen molar-refractivity contribution in [3.8, 4) is 23.3 Å². The van der Waals surface area contributed by atoms with Crippen molar-refractivity contribution in [2.24, 2.45) is 0 Å². The predicted molar refractivity (Wildman–Crippen MR) is 108 cm³/mol. The van der Waals surface area contributed by atoms with Crippen LogP contribution < -0.4 is 9.47 Å². The first-order chi connectivity index (χ1) is 14.6. The molecule has 0 spiro atoms. The maximum Gasteiger partial charge on any atom is 0.167 e. The Balaban J connectivity index is 1.39. The lowest BCUT2D eigenvalue weighted by atomic mass is 10.1. The highest BCUT2D eigenvalue weighted by Crippen LogP contribution is 2.44. The Bertz CT molecular complexity index is 1150. The molecule has 150 valence electrons. The van der Waals surface area contributed by atoms with Crippen molar-refractivity contribution in [1.82, 2.24) is 0 Å². The lowest BCUT2D eigenvalue weighted by Crippen LogP contribution is -2.06. The molecule has 5 heteroatoms. The van der Waals surface area contributed by atoms with Gasteiger partial charge in [0.2, 0.25) is 0 Å². The Hall–Kier alpha value is -3.39. The van der Waals surface area contributed by atoms with Crippen LogP contribution in [0.4, 0.5) is 8.78 Å². The number of nitriles is 1. The molecule has 0 aromatic heterocycles. The van der Waals surface area contributed by atoms with Gasteiger partial charge < -0.3 is 9.47 Å². The van der Waals surface area contributed by atoms with Crippen LogP contribution in [0, 0.1) is 23.0 Å². The molecule has 0 aliphatic heterocycles. The number of benzene rings is 3. The van der Waals surface area contributed by atoms with Gasteiger partial charge in [0.1, 0.15) is 23.4 Å². The summed E-state index contributed by atoms with van der Waals surface area (Å²) in [5, 5.41) is 8.88. The van der Waals surface area contributed by atoms with Gasteiger partial charge in [-0.15, -0.1) is 0 Å². The number of rotatable bonds is 5. The lowest BCUT2D eigenvalue weighted by molar-refractivity contribution is 0.203. The molecule has 1 saturated carbocycles. The zero-order valence-corrected chi connectivity index (χ0v) is 16.2. The van der Waals surface area contributed by atoms with Crippen molar-refractivity contribution >= 4 is 0 Å². The predicted octanol–water partition coefficient (Wildman–Crippen LogP) is 6.57. The van der Waals surface area contributed by atoms with Crippen LogP contribution in [-0.2, 0) is 6.42 Å². The van der Waals surface area contributed by atoms with E-state index in [0.717, 1.165) is 6.07 Å². The molecule has 5 rings (SSSR count). The van der Waals surface area contributed by atoms with Gasteiger partial charge in [-0.25, -0.2) is 8.78 Å². The Kier molecular flexibility index (Phi) is 4.63. The second-order valence-corrected chi connectivity index (χ2v) is 7.79. The SMILES string of the molecule is N#Cc1ccc(Oc2ccc(F)c3c2CCC3Oc2ccc(C3CC3)cc2)c(F)c1. The van der Waals surface area contributed by atoms with Crippen LogP contribution in [-0.4, -0.2) is 0 Å². The summed E-state index contributed by atoms with van der Waals surface area (Å²) >= 11 is 0. The lowest BCUT2D eigenvalue weighted by Gasteiger charge is -2.17. The Morgan fingerprint density at radius 1 is 0.867 bits per heavy atom. The first kappa shape index (κ1) is 18.6. The summed E-state index contributed by atoms with van der Waals surface area (Å²) in [6.07, 6.45) is 3.26. The molecular formula is C25H19F2NO2. The molecule has 0 N–H and O–H groups in total. The Morgan fingerprint density at radius 3 is 2.33 bits per heavy atom. The summed E-state index contributed by atoms with van der Waals surface area (Å²) in [6, 6.07) is 16.8. The third-order valence-electron chi connectivity index (χ3n) is 5.73. The number of nitrogens with zero attached hydrogens (tertiary/aromatic N) is 1. The summed E-state index contributed by atoms with van der Waals surface area (Å²) in [6.45, 7) is 0. The van der Waals surface area contributed by atoms with Crippen molar-refractivity contribution in [1.29, 1.82) is 5.26 Å². The van der Waals surface area contributed by atoms with Gasteiger partial charge in [0.05, 0.1) is 11.6 Å². The highest BCUT2D eigenvalue weighted by atomic mass is 19.1. The molecule has 0 saturated heterocycles. The number of fused-ring (bicyclic) bond motifs is 1. The minimum absolute atomic E-state index is 0.00263. The minimum Gasteiger partial charge on any atom is -0.486 e. The molecule has 0 radical (unpaired) electrons. The van der Waals surface area contributed by atoms with E-state index in [1.54, 1.807) is 0 Å². The van der Waals surface area contributed by atoms with Crippen LogP contribution >= 0.6 is 0 Å². The Labute approximate surface area is 173 Å². The van der Waals surface area contributed by atoms with Gasteiger partial charge in [0, 0.05) is 11.1 Å². The average Bonchev–Trinajstić information content (AvgIpc) is 3.52. The maximum atomic E-state index is 14.7. The van der Waals surface area contributed by atoms with Gasteiger partial charge in [0.25, 0.3) is 0 Å². The standard InChI is InChI=1S/C25H19F2NO2/c26-20-9-12-22(30-23-10-1-15(14-28)13-21(23)27)19-8-11-24(25(19)20)29-18-6-4-17(5-7-18)16-2-3-16/h1,4-7,9-10,12-13,16,24H,2-3,8,11H2. The van der Waals surface area contributed by atoms with E-state index in [2.05, 4.69) is 12.1 Å². The van der Waals surface area contributed by atoms with Gasteiger partial charge in [-0.3, -0.25) is 0 Å². The largest absolute Gasteiger partial charge is 0.486 e. The molecule has 2 aliphatic carbocycles. The van der Waals surface area contributed by atoms with E-state index in [1.807, 2.05) is 18.2 Å². The van der Waals surface area contributed by atoms with Gasteiger partial charge in [-0.05, 0) is 79.6 Å². The molecule has 30 heavy (non-hydrogen) atoms. The second kappa shape index (κ2) is 7.46. The molecule has 0 heterocycles. The van der Waals surface area contributed by atoms with E-state index in [9.17, 15) is 8.78 Å². The summed E-state index contributed by atoms with van der Waals surface area (Å²) in [4.78, 5) is 0. The monoisotopic (exact) mass is 403 g/mol. The first-order valence-electron chi connectivity index (χ1n) is 10.1. The molecule has 0 bridgehead atoms. The van der Waals surface area contributed by atoms with E-state index in [4.69, 9.17) is 14.7 Å². The molecule has 3 aromatic carbocycles. The van der Waals surface area contributed by atoms with Gasteiger partial charge in [0.15, 0.2) is 11.6 Å². The van der Waals surface area contributed by atoms with Gasteiger partial charge in [-0.1, -0.05) is 12.1 Å². The fourth-order valence-electron chi connectivity index (χ4n) is 4.03. The summed E-state index contributed by atoms with van der Waals surface area (Å²) in [7, 11) is 0. The van der Waals surface area contributed by atoms with Crippen LogP contribution in [0.25, 0.3) is 0 Å². The minimum atomic E-state index is -0.631. The number of halogens is 2. The zero-order chi connectivity index (χ0) is 20.7. The van der Waals surface area contributed by atoms with E-state index in [-0.39, 0.29) is 17.1 Å². The highest BCUT2D eigenvalue weighted by Gasteiger charge is 2.31. The van der Waals surface area contributed by atoms with E-state index in [1.165, 1.54) is 42.7 Å². The van der Waals surface area contributed by atoms with Crippen LogP contribution in [0.5, 0.6) is 17.2 Å². The molecule has 1 unspecified atom stereocenters. The smallest absolute Gasteiger partial charge is 0.167 e. The van der Waals surface area contributed by atoms with Crippen LogP contribution in [0.15, 0.2) is 54.6 Å². The number of hydrogen-bond acceptors (Lipinski definition) is 3. The first-order valence-corrected chi connectivity index (χ1v) is 10.1.